The molecule has 0 spiro atoms. The molecule has 7 nitrogen and oxygen atoms in total. The normalized spacial score (nSPS) is 14.8. The van der Waals surface area contributed by atoms with Gasteiger partial charge >= 0.3 is 12.1 Å². The smallest absolute Gasteiger partial charge is 0.399 e. The second kappa shape index (κ2) is 7.31. The van der Waals surface area contributed by atoms with Crippen LogP contribution in [0.25, 0.3) is 11.8 Å². The van der Waals surface area contributed by atoms with E-state index in [1.807, 2.05) is 0 Å². The average Bonchev–Trinajstić information content (AvgIpc) is 3.34. The van der Waals surface area contributed by atoms with Crippen molar-refractivity contribution in [2.45, 2.75) is 6.18 Å². The van der Waals surface area contributed by atoms with Gasteiger partial charge in [-0.3, -0.25) is 9.59 Å². The molecular weight excluding hydrogens is 411 g/mol. The highest BCUT2D eigenvalue weighted by Crippen LogP contribution is 2.39. The molecule has 10 heteroatoms. The molecule has 2 heterocycles. The van der Waals surface area contributed by atoms with Crippen molar-refractivity contribution in [3.63, 3.8) is 0 Å². The number of benzene rings is 2. The fourth-order valence-electron chi connectivity index (χ4n) is 3.33. The Morgan fingerprint density at radius 3 is 2.61 bits per heavy atom. The number of nitrogens with zero attached hydrogens (tertiary/aromatic N) is 3. The number of rotatable bonds is 3. The van der Waals surface area contributed by atoms with Gasteiger partial charge in [-0.15, -0.1) is 0 Å². The monoisotopic (exact) mass is 427 g/mol. The second-order valence-electron chi connectivity index (χ2n) is 6.84. The van der Waals surface area contributed by atoms with E-state index in [9.17, 15) is 22.8 Å². The number of alkyl halides is 3. The number of hydrogen-bond donors (Lipinski definition) is 2. The molecule has 1 aliphatic rings. The van der Waals surface area contributed by atoms with Crippen LogP contribution >= 0.6 is 0 Å². The second-order valence-corrected chi connectivity index (χ2v) is 6.84. The number of amides is 2. The Labute approximate surface area is 174 Å². The van der Waals surface area contributed by atoms with Crippen molar-refractivity contribution in [2.75, 3.05) is 12.8 Å². The molecule has 3 N–H and O–H groups in total. The van der Waals surface area contributed by atoms with Crippen LogP contribution in [-0.4, -0.2) is 38.8 Å². The zero-order chi connectivity index (χ0) is 22.3. The quantitative estimate of drug-likeness (QED) is 0.624. The van der Waals surface area contributed by atoms with Gasteiger partial charge in [0.25, 0.3) is 5.91 Å². The average molecular weight is 427 g/mol. The van der Waals surface area contributed by atoms with E-state index in [1.165, 1.54) is 25.5 Å². The first-order valence-corrected chi connectivity index (χ1v) is 9.07. The van der Waals surface area contributed by atoms with E-state index in [4.69, 9.17) is 5.73 Å². The fraction of sp³-hybridized carbons (Fsp3) is 0.0952. The Bertz CT molecular complexity index is 1200. The number of anilines is 1. The molecule has 0 radical (unpaired) electrons. The summed E-state index contributed by atoms with van der Waals surface area (Å²) in [5.74, 6) is -1.30. The summed E-state index contributed by atoms with van der Waals surface area (Å²) >= 11 is 0. The molecule has 158 valence electrons. The minimum atomic E-state index is -4.59. The van der Waals surface area contributed by atoms with Gasteiger partial charge in [0.15, 0.2) is 5.82 Å². The van der Waals surface area contributed by atoms with Gasteiger partial charge in [-0.25, -0.2) is 15.0 Å². The van der Waals surface area contributed by atoms with Gasteiger partial charge in [-0.1, -0.05) is 12.1 Å². The van der Waals surface area contributed by atoms with Gasteiger partial charge in [0.2, 0.25) is 0 Å². The highest BCUT2D eigenvalue weighted by atomic mass is 19.4. The number of nitrogens with two attached hydrogens (primary N) is 1. The number of aromatic amines is 1. The standard InChI is InChI=1S/C21H16F3N5O2/c1-28(20(31)18-26-7-8-27-18)29-17(10-12-3-2-4-14(25)9-12)16-11-13(21(22,23)24)5-6-15(16)19(29)30/h2-11H,25H2,1H3,(H,26,27)/b17-10-. The molecule has 0 atom stereocenters. The molecule has 4 rings (SSSR count). The zero-order valence-corrected chi connectivity index (χ0v) is 16.1. The highest BCUT2D eigenvalue weighted by Gasteiger charge is 2.40. The molecule has 2 aromatic carbocycles. The van der Waals surface area contributed by atoms with Gasteiger partial charge in [0.1, 0.15) is 0 Å². The topological polar surface area (TPSA) is 95.3 Å². The van der Waals surface area contributed by atoms with E-state index in [0.29, 0.717) is 11.3 Å². The summed E-state index contributed by atoms with van der Waals surface area (Å²) in [5, 5.41) is 2.03. The number of hydrazine groups is 1. The summed E-state index contributed by atoms with van der Waals surface area (Å²) in [6, 6.07) is 9.47. The summed E-state index contributed by atoms with van der Waals surface area (Å²) in [7, 11) is 1.34. The maximum absolute atomic E-state index is 13.3. The third-order valence-electron chi connectivity index (χ3n) is 4.78. The first-order chi connectivity index (χ1) is 14.7. The number of imidazole rings is 1. The Morgan fingerprint density at radius 1 is 1.19 bits per heavy atom. The first kappa shape index (κ1) is 20.2. The number of H-pyrrole nitrogens is 1. The van der Waals surface area contributed by atoms with Crippen molar-refractivity contribution in [3.05, 3.63) is 82.9 Å². The van der Waals surface area contributed by atoms with Crippen LogP contribution in [0.15, 0.2) is 54.9 Å². The molecule has 31 heavy (non-hydrogen) atoms. The lowest BCUT2D eigenvalue weighted by molar-refractivity contribution is -0.137. The summed E-state index contributed by atoms with van der Waals surface area (Å²) in [6.45, 7) is 0. The molecule has 0 unspecified atom stereocenters. The molecule has 0 fully saturated rings. The zero-order valence-electron chi connectivity index (χ0n) is 16.1. The lowest BCUT2D eigenvalue weighted by Crippen LogP contribution is -2.43. The molecule has 0 saturated carbocycles. The van der Waals surface area contributed by atoms with Crippen molar-refractivity contribution in [1.82, 2.24) is 20.0 Å². The minimum absolute atomic E-state index is 0.0226. The SMILES string of the molecule is CN(C(=O)c1ncc[nH]1)N1C(=O)c2ccc(C(F)(F)F)cc2/C1=C/c1cccc(N)c1. The Kier molecular flexibility index (Phi) is 4.77. The maximum Gasteiger partial charge on any atom is 0.416 e. The number of aromatic nitrogens is 2. The molecule has 0 bridgehead atoms. The van der Waals surface area contributed by atoms with Crippen molar-refractivity contribution >= 4 is 29.3 Å². The third-order valence-corrected chi connectivity index (χ3v) is 4.78. The lowest BCUT2D eigenvalue weighted by Gasteiger charge is -2.28. The van der Waals surface area contributed by atoms with Crippen LogP contribution in [0.5, 0.6) is 0 Å². The number of hydrogen-bond acceptors (Lipinski definition) is 4. The summed E-state index contributed by atoms with van der Waals surface area (Å²) in [6.07, 6.45) is -0.267. The fourth-order valence-corrected chi connectivity index (χ4v) is 3.33. The Hall–Kier alpha value is -4.08. The molecule has 0 saturated heterocycles. The molecule has 0 aliphatic carbocycles. The largest absolute Gasteiger partial charge is 0.416 e. The van der Waals surface area contributed by atoms with Crippen molar-refractivity contribution in [3.8, 4) is 0 Å². The number of carbonyl (C=O) groups is 2. The van der Waals surface area contributed by atoms with Gasteiger partial charge < -0.3 is 10.7 Å². The minimum Gasteiger partial charge on any atom is -0.399 e. The van der Waals surface area contributed by atoms with E-state index in [-0.39, 0.29) is 22.6 Å². The summed E-state index contributed by atoms with van der Waals surface area (Å²) < 4.78 is 40.0. The number of nitrogen functional groups attached to an aromatic ring is 1. The van der Waals surface area contributed by atoms with Crippen molar-refractivity contribution < 1.29 is 22.8 Å². The van der Waals surface area contributed by atoms with Crippen LogP contribution in [0.3, 0.4) is 0 Å². The van der Waals surface area contributed by atoms with E-state index in [2.05, 4.69) is 9.97 Å². The number of halogens is 3. The van der Waals surface area contributed by atoms with Gasteiger partial charge in [0, 0.05) is 30.7 Å². The van der Waals surface area contributed by atoms with E-state index in [1.54, 1.807) is 24.3 Å². The molecular formula is C21H16F3N5O2. The molecule has 1 aliphatic heterocycles. The lowest BCUT2D eigenvalue weighted by atomic mass is 10.0. The predicted octanol–water partition coefficient (Wildman–Crippen LogP) is 3.65. The van der Waals surface area contributed by atoms with E-state index < -0.39 is 23.6 Å². The number of fused-ring (bicyclic) bond motifs is 1. The number of nitrogens with one attached hydrogen (secondary N) is 1. The Morgan fingerprint density at radius 2 is 1.97 bits per heavy atom. The van der Waals surface area contributed by atoms with Crippen LogP contribution in [0.1, 0.15) is 37.7 Å². The maximum atomic E-state index is 13.3. The van der Waals surface area contributed by atoms with Crippen LogP contribution in [-0.2, 0) is 6.18 Å². The van der Waals surface area contributed by atoms with Crippen LogP contribution in [0.2, 0.25) is 0 Å². The van der Waals surface area contributed by atoms with Crippen molar-refractivity contribution in [2.24, 2.45) is 0 Å². The summed E-state index contributed by atoms with van der Waals surface area (Å²) in [4.78, 5) is 32.4. The van der Waals surface area contributed by atoms with Crippen molar-refractivity contribution in [1.29, 1.82) is 0 Å². The summed E-state index contributed by atoms with van der Waals surface area (Å²) in [5.41, 5.74) is 6.11. The van der Waals surface area contributed by atoms with Gasteiger partial charge in [0.05, 0.1) is 16.8 Å². The number of carbonyl (C=O) groups excluding carboxylic acids is 2. The highest BCUT2D eigenvalue weighted by molar-refractivity contribution is 6.13. The van der Waals surface area contributed by atoms with E-state index in [0.717, 1.165) is 28.2 Å². The Balaban J connectivity index is 1.87. The van der Waals surface area contributed by atoms with Crippen LogP contribution < -0.4 is 5.73 Å². The van der Waals surface area contributed by atoms with Crippen LogP contribution in [0.4, 0.5) is 18.9 Å². The van der Waals surface area contributed by atoms with Gasteiger partial charge in [-0.2, -0.15) is 13.2 Å². The van der Waals surface area contributed by atoms with Gasteiger partial charge in [-0.05, 0) is 42.0 Å². The predicted molar refractivity (Wildman–Crippen MR) is 107 cm³/mol. The van der Waals surface area contributed by atoms with Crippen LogP contribution in [0, 0.1) is 0 Å². The third kappa shape index (κ3) is 3.63. The molecule has 2 amide bonds. The van der Waals surface area contributed by atoms with E-state index >= 15 is 0 Å². The first-order valence-electron chi connectivity index (χ1n) is 9.07. The molecule has 3 aromatic rings. The molecule has 1 aromatic heterocycles.